The van der Waals surface area contributed by atoms with Crippen molar-refractivity contribution in [2.75, 3.05) is 0 Å². The van der Waals surface area contributed by atoms with Gasteiger partial charge in [-0.05, 0) is 29.9 Å². The van der Waals surface area contributed by atoms with Gasteiger partial charge in [-0.15, -0.1) is 0 Å². The summed E-state index contributed by atoms with van der Waals surface area (Å²) >= 11 is 0. The second-order valence-corrected chi connectivity index (χ2v) is 4.29. The summed E-state index contributed by atoms with van der Waals surface area (Å²) in [4.78, 5) is 0. The SMILES string of the molecule is CCCC(CC)c1cccc(/C(C=N)=C/N)c1.[HH]. The highest BCUT2D eigenvalue weighted by molar-refractivity contribution is 6.08. The van der Waals surface area contributed by atoms with Crippen molar-refractivity contribution in [3.63, 3.8) is 0 Å². The Labute approximate surface area is 106 Å². The molecule has 0 saturated carbocycles. The summed E-state index contributed by atoms with van der Waals surface area (Å²) in [6.45, 7) is 4.44. The van der Waals surface area contributed by atoms with Crippen LogP contribution in [0.2, 0.25) is 0 Å². The predicted molar refractivity (Wildman–Crippen MR) is 77.4 cm³/mol. The number of benzene rings is 1. The third-order valence-electron chi connectivity index (χ3n) is 3.16. The van der Waals surface area contributed by atoms with Crippen LogP contribution in [0.5, 0.6) is 0 Å². The highest BCUT2D eigenvalue weighted by Crippen LogP contribution is 2.26. The average molecular weight is 232 g/mol. The first kappa shape index (κ1) is 13.5. The second-order valence-electron chi connectivity index (χ2n) is 4.29. The molecule has 0 bridgehead atoms. The van der Waals surface area contributed by atoms with Crippen molar-refractivity contribution >= 4 is 11.8 Å². The molecule has 1 atom stereocenters. The van der Waals surface area contributed by atoms with Crippen LogP contribution in [0.4, 0.5) is 0 Å². The Balaban J connectivity index is 0.00000289. The van der Waals surface area contributed by atoms with Gasteiger partial charge in [0.1, 0.15) is 0 Å². The minimum absolute atomic E-state index is 0. The van der Waals surface area contributed by atoms with Crippen LogP contribution in [0.15, 0.2) is 30.5 Å². The molecule has 0 aliphatic heterocycles. The molecule has 1 rings (SSSR count). The molecule has 0 aliphatic carbocycles. The normalized spacial score (nSPS) is 13.4. The number of hydrogen-bond acceptors (Lipinski definition) is 2. The topological polar surface area (TPSA) is 49.9 Å². The molecule has 0 saturated heterocycles. The van der Waals surface area contributed by atoms with Gasteiger partial charge in [0.05, 0.1) is 0 Å². The Kier molecular flexibility index (Phi) is 5.47. The molecule has 0 spiro atoms. The minimum Gasteiger partial charge on any atom is -0.404 e. The van der Waals surface area contributed by atoms with E-state index >= 15 is 0 Å². The summed E-state index contributed by atoms with van der Waals surface area (Å²) < 4.78 is 0. The zero-order valence-corrected chi connectivity index (χ0v) is 10.7. The highest BCUT2D eigenvalue weighted by atomic mass is 14.5. The lowest BCUT2D eigenvalue weighted by Gasteiger charge is -2.15. The van der Waals surface area contributed by atoms with Crippen molar-refractivity contribution in [3.05, 3.63) is 41.6 Å². The highest BCUT2D eigenvalue weighted by Gasteiger charge is 2.09. The van der Waals surface area contributed by atoms with Crippen LogP contribution in [-0.2, 0) is 0 Å². The van der Waals surface area contributed by atoms with E-state index in [1.165, 1.54) is 30.8 Å². The predicted octanol–water partition coefficient (Wildman–Crippen LogP) is 4.18. The summed E-state index contributed by atoms with van der Waals surface area (Å²) in [6, 6.07) is 8.39. The first-order valence-corrected chi connectivity index (χ1v) is 6.29. The van der Waals surface area contributed by atoms with Crippen LogP contribution in [0.25, 0.3) is 5.57 Å². The number of nitrogens with two attached hydrogens (primary N) is 1. The van der Waals surface area contributed by atoms with Crippen LogP contribution >= 0.6 is 0 Å². The molecule has 0 radical (unpaired) electrons. The standard InChI is InChI=1S/C15H22N2.H2/c1-3-6-12(4-2)13-7-5-8-14(9-13)15(10-16)11-17;/h5,7-12,16H,3-4,6,17H2,1-2H3;1H/b15-11+,16-10?;. The lowest BCUT2D eigenvalue weighted by molar-refractivity contribution is 0.596. The van der Waals surface area contributed by atoms with E-state index in [0.717, 1.165) is 17.6 Å². The van der Waals surface area contributed by atoms with Crippen molar-refractivity contribution in [2.24, 2.45) is 5.73 Å². The zero-order valence-electron chi connectivity index (χ0n) is 10.7. The molecule has 17 heavy (non-hydrogen) atoms. The van der Waals surface area contributed by atoms with Gasteiger partial charge in [-0.1, -0.05) is 44.5 Å². The van der Waals surface area contributed by atoms with E-state index in [9.17, 15) is 0 Å². The molecule has 1 aromatic rings. The Bertz CT molecular complexity index is 399. The maximum Gasteiger partial charge on any atom is 0.0270 e. The van der Waals surface area contributed by atoms with E-state index in [0.29, 0.717) is 5.92 Å². The second kappa shape index (κ2) is 6.89. The van der Waals surface area contributed by atoms with Crippen LogP contribution < -0.4 is 5.73 Å². The van der Waals surface area contributed by atoms with Gasteiger partial charge in [-0.3, -0.25) is 0 Å². The number of hydrogen-bond donors (Lipinski definition) is 2. The molecule has 1 aromatic carbocycles. The first-order valence-electron chi connectivity index (χ1n) is 6.29. The largest absolute Gasteiger partial charge is 0.404 e. The molecule has 1 unspecified atom stereocenters. The third-order valence-corrected chi connectivity index (χ3v) is 3.16. The first-order chi connectivity index (χ1) is 8.26. The van der Waals surface area contributed by atoms with Crippen molar-refractivity contribution in [3.8, 4) is 0 Å². The fourth-order valence-corrected chi connectivity index (χ4v) is 2.15. The van der Waals surface area contributed by atoms with Crippen LogP contribution in [0.3, 0.4) is 0 Å². The van der Waals surface area contributed by atoms with E-state index in [1.807, 2.05) is 6.07 Å². The van der Waals surface area contributed by atoms with Crippen LogP contribution in [0.1, 0.15) is 51.6 Å². The zero-order chi connectivity index (χ0) is 12.7. The van der Waals surface area contributed by atoms with Crippen molar-refractivity contribution in [1.29, 1.82) is 5.41 Å². The van der Waals surface area contributed by atoms with Gasteiger partial charge in [0, 0.05) is 19.4 Å². The van der Waals surface area contributed by atoms with Crippen LogP contribution in [0, 0.1) is 5.41 Å². The molecule has 0 aromatic heterocycles. The van der Waals surface area contributed by atoms with Gasteiger partial charge >= 0.3 is 0 Å². The Morgan fingerprint density at radius 1 is 1.47 bits per heavy atom. The van der Waals surface area contributed by atoms with Crippen molar-refractivity contribution in [1.82, 2.24) is 0 Å². The molecule has 0 heterocycles. The summed E-state index contributed by atoms with van der Waals surface area (Å²) in [7, 11) is 0. The Morgan fingerprint density at radius 2 is 2.24 bits per heavy atom. The molecular formula is C15H24N2. The molecule has 2 heteroatoms. The van der Waals surface area contributed by atoms with E-state index in [1.54, 1.807) is 0 Å². The van der Waals surface area contributed by atoms with E-state index in [4.69, 9.17) is 11.1 Å². The quantitative estimate of drug-likeness (QED) is 0.710. The van der Waals surface area contributed by atoms with E-state index < -0.39 is 0 Å². The Hall–Kier alpha value is -1.57. The molecule has 94 valence electrons. The van der Waals surface area contributed by atoms with E-state index in [-0.39, 0.29) is 1.43 Å². The number of rotatable bonds is 6. The van der Waals surface area contributed by atoms with Gasteiger partial charge in [-0.25, -0.2) is 0 Å². The molecule has 3 N–H and O–H groups in total. The van der Waals surface area contributed by atoms with Gasteiger partial charge < -0.3 is 11.1 Å². The Morgan fingerprint density at radius 3 is 2.76 bits per heavy atom. The van der Waals surface area contributed by atoms with Gasteiger partial charge in [0.15, 0.2) is 0 Å². The molecule has 0 fully saturated rings. The van der Waals surface area contributed by atoms with E-state index in [2.05, 4.69) is 32.0 Å². The number of allylic oxidation sites excluding steroid dienone is 1. The average Bonchev–Trinajstić information content (AvgIpc) is 2.38. The lowest BCUT2D eigenvalue weighted by Crippen LogP contribution is -1.98. The fraction of sp³-hybridized carbons (Fsp3) is 0.400. The molecule has 2 nitrogen and oxygen atoms in total. The molecular weight excluding hydrogens is 208 g/mol. The minimum atomic E-state index is 0. The van der Waals surface area contributed by atoms with Crippen molar-refractivity contribution in [2.45, 2.75) is 39.0 Å². The molecule has 0 amide bonds. The van der Waals surface area contributed by atoms with Gasteiger partial charge in [0.25, 0.3) is 0 Å². The number of nitrogens with one attached hydrogen (secondary N) is 1. The summed E-state index contributed by atoms with van der Waals surface area (Å²) in [5, 5.41) is 7.33. The van der Waals surface area contributed by atoms with Crippen molar-refractivity contribution < 1.29 is 1.43 Å². The lowest BCUT2D eigenvalue weighted by atomic mass is 9.90. The maximum atomic E-state index is 7.33. The smallest absolute Gasteiger partial charge is 0.0270 e. The summed E-state index contributed by atoms with van der Waals surface area (Å²) in [5.41, 5.74) is 8.69. The summed E-state index contributed by atoms with van der Waals surface area (Å²) in [5.74, 6) is 0.615. The van der Waals surface area contributed by atoms with Gasteiger partial charge in [-0.2, -0.15) is 0 Å². The maximum absolute atomic E-state index is 7.33. The third kappa shape index (κ3) is 3.45. The van der Waals surface area contributed by atoms with Crippen LogP contribution in [-0.4, -0.2) is 6.21 Å². The fourth-order valence-electron chi connectivity index (χ4n) is 2.15. The van der Waals surface area contributed by atoms with Gasteiger partial charge in [0.2, 0.25) is 0 Å². The molecule has 0 aliphatic rings. The monoisotopic (exact) mass is 232 g/mol. The summed E-state index contributed by atoms with van der Waals surface area (Å²) in [6.07, 6.45) is 6.37.